The molecule has 86 valence electrons. The van der Waals surface area contributed by atoms with Gasteiger partial charge >= 0.3 is 0 Å². The molecule has 1 aromatic heterocycles. The van der Waals surface area contributed by atoms with E-state index in [-0.39, 0.29) is 0 Å². The highest BCUT2D eigenvalue weighted by Gasteiger charge is 2.11. The maximum absolute atomic E-state index is 8.68. The summed E-state index contributed by atoms with van der Waals surface area (Å²) in [6, 6.07) is 6.95. The molecule has 1 N–H and O–H groups in total. The Labute approximate surface area is 108 Å². The van der Waals surface area contributed by atoms with Gasteiger partial charge in [0.25, 0.3) is 0 Å². The van der Waals surface area contributed by atoms with Gasteiger partial charge in [0.1, 0.15) is 6.07 Å². The molecule has 2 rings (SSSR count). The highest BCUT2D eigenvalue weighted by Crippen LogP contribution is 2.36. The number of halogens is 2. The molecule has 0 spiro atoms. The molecule has 0 saturated heterocycles. The van der Waals surface area contributed by atoms with Crippen molar-refractivity contribution in [2.45, 2.75) is 0 Å². The van der Waals surface area contributed by atoms with Crippen LogP contribution >= 0.6 is 23.2 Å². The number of nitrogens with one attached hydrogen (secondary N) is 1. The van der Waals surface area contributed by atoms with Gasteiger partial charge in [-0.1, -0.05) is 23.2 Å². The van der Waals surface area contributed by atoms with E-state index in [0.717, 1.165) is 5.56 Å². The Hall–Kier alpha value is -1.70. The van der Waals surface area contributed by atoms with Crippen molar-refractivity contribution in [3.8, 4) is 23.1 Å². The molecule has 1 heterocycles. The van der Waals surface area contributed by atoms with Crippen LogP contribution in [0.1, 0.15) is 5.69 Å². The van der Waals surface area contributed by atoms with Crippen LogP contribution in [-0.2, 0) is 0 Å². The minimum atomic E-state index is 0.308. The zero-order valence-corrected chi connectivity index (χ0v) is 10.3. The van der Waals surface area contributed by atoms with Gasteiger partial charge in [0.15, 0.2) is 11.4 Å². The summed E-state index contributed by atoms with van der Waals surface area (Å²) >= 11 is 12.0. The topological polar surface area (TPSA) is 61.7 Å². The predicted octanol–water partition coefficient (Wildman–Crippen LogP) is 3.26. The molecular weight excluding hydrogens is 261 g/mol. The third kappa shape index (κ3) is 2.21. The van der Waals surface area contributed by atoms with Crippen LogP contribution in [0.2, 0.25) is 10.0 Å². The van der Waals surface area contributed by atoms with E-state index >= 15 is 0 Å². The third-order valence-corrected chi connectivity index (χ3v) is 2.77. The molecule has 0 fully saturated rings. The van der Waals surface area contributed by atoms with Crippen LogP contribution in [0.25, 0.3) is 11.3 Å². The second-order valence-corrected chi connectivity index (χ2v) is 4.07. The smallest absolute Gasteiger partial charge is 0.162 e. The maximum Gasteiger partial charge on any atom is 0.162 e. The van der Waals surface area contributed by atoms with Crippen LogP contribution in [0, 0.1) is 11.3 Å². The van der Waals surface area contributed by atoms with Crippen molar-refractivity contribution in [3.05, 3.63) is 33.9 Å². The van der Waals surface area contributed by atoms with Gasteiger partial charge in [-0.2, -0.15) is 10.4 Å². The van der Waals surface area contributed by atoms with E-state index in [1.54, 1.807) is 18.2 Å². The Morgan fingerprint density at radius 3 is 2.41 bits per heavy atom. The van der Waals surface area contributed by atoms with Crippen molar-refractivity contribution in [2.24, 2.45) is 0 Å². The molecule has 0 amide bonds. The van der Waals surface area contributed by atoms with Gasteiger partial charge in [-0.3, -0.25) is 5.10 Å². The molecule has 1 aromatic carbocycles. The lowest BCUT2D eigenvalue weighted by Gasteiger charge is -2.07. The van der Waals surface area contributed by atoms with Crippen molar-refractivity contribution < 1.29 is 4.74 Å². The van der Waals surface area contributed by atoms with E-state index in [0.29, 0.717) is 27.2 Å². The number of hydrogen-bond acceptors (Lipinski definition) is 3. The molecule has 0 saturated carbocycles. The number of rotatable bonds is 2. The maximum atomic E-state index is 8.68. The number of methoxy groups -OCH3 is 1. The summed E-state index contributed by atoms with van der Waals surface area (Å²) in [6.45, 7) is 0. The largest absolute Gasteiger partial charge is 0.494 e. The molecule has 0 atom stereocenters. The number of nitriles is 1. The molecule has 0 bridgehead atoms. The summed E-state index contributed by atoms with van der Waals surface area (Å²) in [5.74, 6) is 0.428. The Bertz CT molecular complexity index is 578. The predicted molar refractivity (Wildman–Crippen MR) is 65.3 cm³/mol. The lowest BCUT2D eigenvalue weighted by molar-refractivity contribution is 0.415. The fourth-order valence-electron chi connectivity index (χ4n) is 1.44. The number of ether oxygens (including phenoxy) is 1. The van der Waals surface area contributed by atoms with Crippen LogP contribution in [-0.4, -0.2) is 17.3 Å². The summed E-state index contributed by atoms with van der Waals surface area (Å²) in [5.41, 5.74) is 1.73. The van der Waals surface area contributed by atoms with Gasteiger partial charge in [-0.05, 0) is 12.1 Å². The molecule has 0 aliphatic carbocycles. The van der Waals surface area contributed by atoms with Crippen LogP contribution < -0.4 is 4.74 Å². The first kappa shape index (κ1) is 11.8. The Balaban J connectivity index is 2.51. The molecule has 0 unspecified atom stereocenters. The summed E-state index contributed by atoms with van der Waals surface area (Å²) in [5, 5.41) is 16.0. The van der Waals surface area contributed by atoms with Crippen LogP contribution in [0.5, 0.6) is 5.75 Å². The first-order valence-corrected chi connectivity index (χ1v) is 5.40. The fourth-order valence-corrected chi connectivity index (χ4v) is 2.08. The second-order valence-electron chi connectivity index (χ2n) is 3.25. The molecule has 2 aromatic rings. The van der Waals surface area contributed by atoms with Crippen molar-refractivity contribution in [1.29, 1.82) is 5.26 Å². The quantitative estimate of drug-likeness (QED) is 0.909. The highest BCUT2D eigenvalue weighted by molar-refractivity contribution is 6.37. The molecule has 0 aliphatic heterocycles. The summed E-state index contributed by atoms with van der Waals surface area (Å²) < 4.78 is 5.05. The fraction of sp³-hybridized carbons (Fsp3) is 0.0909. The first-order valence-electron chi connectivity index (χ1n) is 4.64. The lowest BCUT2D eigenvalue weighted by atomic mass is 10.1. The van der Waals surface area contributed by atoms with Crippen molar-refractivity contribution >= 4 is 23.2 Å². The van der Waals surface area contributed by atoms with Crippen molar-refractivity contribution in [3.63, 3.8) is 0 Å². The summed E-state index contributed by atoms with van der Waals surface area (Å²) in [4.78, 5) is 0. The Kier molecular flexibility index (Phi) is 3.23. The SMILES string of the molecule is COc1c(Cl)cc(-c2cc(C#N)n[nH]2)cc1Cl. The molecule has 0 radical (unpaired) electrons. The molecular formula is C11H7Cl2N3O. The second kappa shape index (κ2) is 4.66. The van der Waals surface area contributed by atoms with Crippen LogP contribution in [0.15, 0.2) is 18.2 Å². The van der Waals surface area contributed by atoms with E-state index in [9.17, 15) is 0 Å². The van der Waals surface area contributed by atoms with E-state index in [4.69, 9.17) is 33.2 Å². The molecule has 6 heteroatoms. The molecule has 0 aliphatic rings. The Morgan fingerprint density at radius 1 is 1.29 bits per heavy atom. The van der Waals surface area contributed by atoms with Gasteiger partial charge in [0, 0.05) is 11.6 Å². The van der Waals surface area contributed by atoms with E-state index < -0.39 is 0 Å². The number of nitrogens with zero attached hydrogens (tertiary/aromatic N) is 2. The third-order valence-electron chi connectivity index (χ3n) is 2.21. The van der Waals surface area contributed by atoms with Crippen molar-refractivity contribution in [2.75, 3.05) is 7.11 Å². The first-order chi connectivity index (χ1) is 8.15. The van der Waals surface area contributed by atoms with Gasteiger partial charge in [0.05, 0.1) is 22.8 Å². The van der Waals surface area contributed by atoms with E-state index in [1.165, 1.54) is 7.11 Å². The van der Waals surface area contributed by atoms with Gasteiger partial charge < -0.3 is 4.74 Å². The average molecular weight is 268 g/mol. The summed E-state index contributed by atoms with van der Waals surface area (Å²) in [7, 11) is 1.50. The number of aromatic amines is 1. The highest BCUT2D eigenvalue weighted by atomic mass is 35.5. The van der Waals surface area contributed by atoms with E-state index in [1.807, 2.05) is 6.07 Å². The monoisotopic (exact) mass is 267 g/mol. The minimum absolute atomic E-state index is 0.308. The number of hydrogen-bond donors (Lipinski definition) is 1. The number of H-pyrrole nitrogens is 1. The average Bonchev–Trinajstić information content (AvgIpc) is 2.77. The molecule has 4 nitrogen and oxygen atoms in total. The van der Waals surface area contributed by atoms with Crippen molar-refractivity contribution in [1.82, 2.24) is 10.2 Å². The minimum Gasteiger partial charge on any atom is -0.494 e. The van der Waals surface area contributed by atoms with Gasteiger partial charge in [0.2, 0.25) is 0 Å². The molecule has 17 heavy (non-hydrogen) atoms. The number of benzene rings is 1. The lowest BCUT2D eigenvalue weighted by Crippen LogP contribution is -1.87. The number of aromatic nitrogens is 2. The normalized spacial score (nSPS) is 10.0. The standard InChI is InChI=1S/C11H7Cl2N3O/c1-17-11-8(12)2-6(3-9(11)13)10-4-7(5-14)15-16-10/h2-4H,1H3,(H,15,16). The zero-order chi connectivity index (χ0) is 12.4. The zero-order valence-electron chi connectivity index (χ0n) is 8.79. The van der Waals surface area contributed by atoms with Gasteiger partial charge in [-0.15, -0.1) is 0 Å². The summed E-state index contributed by atoms with van der Waals surface area (Å²) in [6.07, 6.45) is 0. The van der Waals surface area contributed by atoms with Gasteiger partial charge in [-0.25, -0.2) is 0 Å². The van der Waals surface area contributed by atoms with Crippen LogP contribution in [0.3, 0.4) is 0 Å². The Morgan fingerprint density at radius 2 is 1.94 bits per heavy atom. The van der Waals surface area contributed by atoms with Crippen LogP contribution in [0.4, 0.5) is 0 Å². The van der Waals surface area contributed by atoms with E-state index in [2.05, 4.69) is 10.2 Å².